The molecule has 2 heterocycles. The van der Waals surface area contributed by atoms with Crippen LogP contribution in [0.25, 0.3) is 0 Å². The van der Waals surface area contributed by atoms with E-state index in [1.54, 1.807) is 0 Å². The summed E-state index contributed by atoms with van der Waals surface area (Å²) in [6.07, 6.45) is 3.22. The zero-order valence-corrected chi connectivity index (χ0v) is 14.7. The molecule has 0 spiro atoms. The fraction of sp³-hybridized carbons (Fsp3) is 0.579. The van der Waals surface area contributed by atoms with Crippen LogP contribution in [0.5, 0.6) is 0 Å². The number of amides is 2. The fourth-order valence-electron chi connectivity index (χ4n) is 3.86. The summed E-state index contributed by atoms with van der Waals surface area (Å²) in [6.45, 7) is 3.12. The number of rotatable bonds is 5. The van der Waals surface area contributed by atoms with Crippen LogP contribution in [-0.4, -0.2) is 49.4 Å². The molecule has 1 fully saturated rings. The summed E-state index contributed by atoms with van der Waals surface area (Å²) in [5.41, 5.74) is 7.82. The lowest BCUT2D eigenvalue weighted by molar-refractivity contribution is -0.136. The third-order valence-corrected chi connectivity index (χ3v) is 5.22. The van der Waals surface area contributed by atoms with E-state index in [9.17, 15) is 9.59 Å². The highest BCUT2D eigenvalue weighted by Gasteiger charge is 2.30. The average Bonchev–Trinajstić information content (AvgIpc) is 2.66. The molecule has 2 aliphatic rings. The van der Waals surface area contributed by atoms with E-state index in [0.717, 1.165) is 38.0 Å². The molecule has 2 unspecified atom stereocenters. The van der Waals surface area contributed by atoms with Crippen LogP contribution in [0.4, 0.5) is 5.69 Å². The Hall–Kier alpha value is -2.08. The summed E-state index contributed by atoms with van der Waals surface area (Å²) in [6, 6.07) is 8.23. The van der Waals surface area contributed by atoms with Crippen molar-refractivity contribution in [2.24, 2.45) is 11.7 Å². The highest BCUT2D eigenvalue weighted by Crippen LogP contribution is 2.34. The number of nitrogens with one attached hydrogen (secondary N) is 2. The Kier molecular flexibility index (Phi) is 5.91. The van der Waals surface area contributed by atoms with Crippen molar-refractivity contribution in [3.05, 3.63) is 29.8 Å². The lowest BCUT2D eigenvalue weighted by atomic mass is 9.87. The van der Waals surface area contributed by atoms with Crippen LogP contribution in [0.15, 0.2) is 24.3 Å². The van der Waals surface area contributed by atoms with E-state index >= 15 is 0 Å². The van der Waals surface area contributed by atoms with Crippen molar-refractivity contribution in [3.8, 4) is 0 Å². The Balaban J connectivity index is 1.59. The van der Waals surface area contributed by atoms with Gasteiger partial charge >= 0.3 is 0 Å². The number of fused-ring (bicyclic) bond motifs is 1. The first-order valence-corrected chi connectivity index (χ1v) is 9.27. The van der Waals surface area contributed by atoms with Crippen LogP contribution in [0.3, 0.4) is 0 Å². The normalized spacial score (nSPS) is 22.7. The lowest BCUT2D eigenvalue weighted by Crippen LogP contribution is -2.46. The topological polar surface area (TPSA) is 87.5 Å². The van der Waals surface area contributed by atoms with E-state index in [0.29, 0.717) is 26.1 Å². The standard InChI is InChI=1S/C19H28N4O2/c20-8-10-22-19(25)15-4-3-11-23(13-15)18(24)12-14-7-9-21-17-6-2-1-5-16(14)17/h1-2,5-6,14-15,21H,3-4,7-13,20H2,(H,22,25). The van der Waals surface area contributed by atoms with Gasteiger partial charge in [-0.15, -0.1) is 0 Å². The van der Waals surface area contributed by atoms with Crippen molar-refractivity contribution in [1.29, 1.82) is 0 Å². The molecule has 3 rings (SSSR count). The van der Waals surface area contributed by atoms with Crippen LogP contribution in [0.2, 0.25) is 0 Å². The Labute approximate surface area is 149 Å². The van der Waals surface area contributed by atoms with Crippen molar-refractivity contribution in [2.45, 2.75) is 31.6 Å². The van der Waals surface area contributed by atoms with Gasteiger partial charge < -0.3 is 21.3 Å². The largest absolute Gasteiger partial charge is 0.385 e. The number of para-hydroxylation sites is 1. The molecule has 6 nitrogen and oxygen atoms in total. The number of carbonyl (C=O) groups excluding carboxylic acids is 2. The predicted octanol–water partition coefficient (Wildman–Crippen LogP) is 1.29. The first kappa shape index (κ1) is 17.7. The molecule has 0 radical (unpaired) electrons. The summed E-state index contributed by atoms with van der Waals surface area (Å²) in [5, 5.41) is 6.24. The van der Waals surface area contributed by atoms with Crippen molar-refractivity contribution >= 4 is 17.5 Å². The maximum atomic E-state index is 12.8. The maximum absolute atomic E-state index is 12.8. The summed E-state index contributed by atoms with van der Waals surface area (Å²) in [7, 11) is 0. The summed E-state index contributed by atoms with van der Waals surface area (Å²) in [4.78, 5) is 26.9. The molecule has 1 aromatic carbocycles. The predicted molar refractivity (Wildman–Crippen MR) is 98.3 cm³/mol. The van der Waals surface area contributed by atoms with Crippen LogP contribution in [0.1, 0.15) is 37.2 Å². The number of nitrogens with two attached hydrogens (primary N) is 1. The molecule has 0 aliphatic carbocycles. The second-order valence-corrected chi connectivity index (χ2v) is 6.96. The number of anilines is 1. The van der Waals surface area contributed by atoms with Gasteiger partial charge in [-0.2, -0.15) is 0 Å². The molecule has 136 valence electrons. The first-order valence-electron chi connectivity index (χ1n) is 9.27. The summed E-state index contributed by atoms with van der Waals surface area (Å²) >= 11 is 0. The van der Waals surface area contributed by atoms with E-state index in [1.165, 1.54) is 5.56 Å². The molecule has 0 bridgehead atoms. The van der Waals surface area contributed by atoms with Crippen molar-refractivity contribution in [2.75, 3.05) is 38.0 Å². The summed E-state index contributed by atoms with van der Waals surface area (Å²) in [5.74, 6) is 0.342. The second-order valence-electron chi connectivity index (χ2n) is 6.96. The molecular weight excluding hydrogens is 316 g/mol. The number of piperidine rings is 1. The molecule has 0 aromatic heterocycles. The Morgan fingerprint density at radius 1 is 1.28 bits per heavy atom. The van der Waals surface area contributed by atoms with E-state index in [-0.39, 0.29) is 23.7 Å². The Morgan fingerprint density at radius 3 is 2.96 bits per heavy atom. The van der Waals surface area contributed by atoms with E-state index < -0.39 is 0 Å². The van der Waals surface area contributed by atoms with Crippen LogP contribution in [0, 0.1) is 5.92 Å². The average molecular weight is 344 g/mol. The number of nitrogens with zero attached hydrogens (tertiary/aromatic N) is 1. The van der Waals surface area contributed by atoms with E-state index in [2.05, 4.69) is 22.8 Å². The molecule has 4 N–H and O–H groups in total. The van der Waals surface area contributed by atoms with Gasteiger partial charge in [0.1, 0.15) is 0 Å². The molecule has 2 amide bonds. The van der Waals surface area contributed by atoms with Crippen molar-refractivity contribution in [3.63, 3.8) is 0 Å². The van der Waals surface area contributed by atoms with Crippen LogP contribution < -0.4 is 16.4 Å². The number of likely N-dealkylation sites (tertiary alicyclic amines) is 1. The van der Waals surface area contributed by atoms with E-state index in [1.807, 2.05) is 17.0 Å². The van der Waals surface area contributed by atoms with Gasteiger partial charge in [-0.05, 0) is 36.8 Å². The van der Waals surface area contributed by atoms with Crippen molar-refractivity contribution in [1.82, 2.24) is 10.2 Å². The van der Waals surface area contributed by atoms with Gasteiger partial charge in [0.2, 0.25) is 11.8 Å². The van der Waals surface area contributed by atoms with Gasteiger partial charge in [-0.3, -0.25) is 9.59 Å². The monoisotopic (exact) mass is 344 g/mol. The third-order valence-electron chi connectivity index (χ3n) is 5.22. The summed E-state index contributed by atoms with van der Waals surface area (Å²) < 4.78 is 0. The zero-order chi connectivity index (χ0) is 17.6. The SMILES string of the molecule is NCCNC(=O)C1CCCN(C(=O)CC2CCNc3ccccc32)C1. The molecule has 1 aromatic rings. The highest BCUT2D eigenvalue weighted by atomic mass is 16.2. The minimum Gasteiger partial charge on any atom is -0.385 e. The lowest BCUT2D eigenvalue weighted by Gasteiger charge is -2.34. The van der Waals surface area contributed by atoms with Gasteiger partial charge in [-0.1, -0.05) is 18.2 Å². The van der Waals surface area contributed by atoms with Gasteiger partial charge in [0.25, 0.3) is 0 Å². The third kappa shape index (κ3) is 4.31. The molecular formula is C19H28N4O2. The number of hydrogen-bond acceptors (Lipinski definition) is 4. The van der Waals surface area contributed by atoms with Crippen molar-refractivity contribution < 1.29 is 9.59 Å². The molecule has 2 aliphatic heterocycles. The molecule has 0 saturated carbocycles. The second kappa shape index (κ2) is 8.34. The molecule has 6 heteroatoms. The molecule has 1 saturated heterocycles. The highest BCUT2D eigenvalue weighted by molar-refractivity contribution is 5.82. The van der Waals surface area contributed by atoms with Gasteiger partial charge in [-0.25, -0.2) is 0 Å². The smallest absolute Gasteiger partial charge is 0.224 e. The number of carbonyl (C=O) groups is 2. The Bertz CT molecular complexity index is 619. The molecule has 25 heavy (non-hydrogen) atoms. The van der Waals surface area contributed by atoms with Gasteiger partial charge in [0.15, 0.2) is 0 Å². The van der Waals surface area contributed by atoms with E-state index in [4.69, 9.17) is 5.73 Å². The van der Waals surface area contributed by atoms with Gasteiger partial charge in [0, 0.05) is 44.8 Å². The van der Waals surface area contributed by atoms with Crippen LogP contribution in [-0.2, 0) is 9.59 Å². The first-order chi connectivity index (χ1) is 12.2. The number of benzene rings is 1. The fourth-order valence-corrected chi connectivity index (χ4v) is 3.86. The maximum Gasteiger partial charge on any atom is 0.224 e. The van der Waals surface area contributed by atoms with Gasteiger partial charge in [0.05, 0.1) is 5.92 Å². The zero-order valence-electron chi connectivity index (χ0n) is 14.7. The molecule has 2 atom stereocenters. The minimum absolute atomic E-state index is 0.0233. The van der Waals surface area contributed by atoms with Crippen LogP contribution >= 0.6 is 0 Å². The number of hydrogen-bond donors (Lipinski definition) is 3. The minimum atomic E-state index is -0.107. The Morgan fingerprint density at radius 2 is 2.12 bits per heavy atom. The quantitative estimate of drug-likeness (QED) is 0.751.